The number of hydrogen-bond acceptors (Lipinski definition) is 5. The zero-order valence-corrected chi connectivity index (χ0v) is 18.5. The number of aromatic nitrogens is 2. The maximum atomic E-state index is 12.3. The number of benzene rings is 3. The Bertz CT molecular complexity index is 1270. The third kappa shape index (κ3) is 4.48. The van der Waals surface area contributed by atoms with Crippen molar-refractivity contribution < 1.29 is 14.3 Å². The molecule has 3 aromatic carbocycles. The molecule has 168 valence electrons. The van der Waals surface area contributed by atoms with Crippen LogP contribution in [0.15, 0.2) is 72.8 Å². The van der Waals surface area contributed by atoms with Crippen LogP contribution in [0.5, 0.6) is 11.5 Å². The smallest absolute Gasteiger partial charge is 0.262 e. The number of nitrogens with one attached hydrogen (secondary N) is 1. The average molecular weight is 443 g/mol. The summed E-state index contributed by atoms with van der Waals surface area (Å²) >= 11 is 0. The highest BCUT2D eigenvalue weighted by Gasteiger charge is 2.18. The largest absolute Gasteiger partial charge is 0.493 e. The Morgan fingerprint density at radius 2 is 1.73 bits per heavy atom. The molecule has 0 bridgehead atoms. The zero-order chi connectivity index (χ0) is 22.6. The molecule has 0 radical (unpaired) electrons. The van der Waals surface area contributed by atoms with Crippen LogP contribution in [-0.2, 0) is 17.9 Å². The topological polar surface area (TPSA) is 68.6 Å². The van der Waals surface area contributed by atoms with Crippen molar-refractivity contribution in [2.45, 2.75) is 19.5 Å². The van der Waals surface area contributed by atoms with Crippen molar-refractivity contribution >= 4 is 28.3 Å². The van der Waals surface area contributed by atoms with Crippen LogP contribution in [0.2, 0.25) is 0 Å². The molecule has 0 spiro atoms. The number of nitrogens with zero attached hydrogens (tertiary/aromatic N) is 3. The molecule has 5 rings (SSSR count). The second kappa shape index (κ2) is 9.24. The molecule has 4 aromatic rings. The molecule has 0 unspecified atom stereocenters. The summed E-state index contributed by atoms with van der Waals surface area (Å²) in [4.78, 5) is 19.5. The Morgan fingerprint density at radius 3 is 2.55 bits per heavy atom. The van der Waals surface area contributed by atoms with E-state index < -0.39 is 0 Å². The van der Waals surface area contributed by atoms with Gasteiger partial charge in [0.1, 0.15) is 5.82 Å². The minimum Gasteiger partial charge on any atom is -0.493 e. The van der Waals surface area contributed by atoms with E-state index in [1.54, 1.807) is 19.2 Å². The number of ether oxygens (including phenoxy) is 2. The maximum absolute atomic E-state index is 12.3. The van der Waals surface area contributed by atoms with Gasteiger partial charge < -0.3 is 24.3 Å². The number of carbonyl (C=O) groups excluding carboxylic acids is 1. The fourth-order valence-electron chi connectivity index (χ4n) is 4.22. The molecule has 0 aliphatic carbocycles. The molecule has 1 aromatic heterocycles. The molecule has 0 saturated heterocycles. The number of hydrogen-bond donors (Lipinski definition) is 1. The minimum absolute atomic E-state index is 0.0928. The van der Waals surface area contributed by atoms with Gasteiger partial charge in [-0.2, -0.15) is 0 Å². The molecule has 7 nitrogen and oxygen atoms in total. The summed E-state index contributed by atoms with van der Waals surface area (Å²) in [5, 5.41) is 2.89. The Hall–Kier alpha value is -4.00. The standard InChI is InChI=1S/C26H26N4O3/c1-32-23-9-4-5-10-24(23)33-18-26(31)27-19-11-13-20(14-12-19)29-15-6-16-30-22-8-3-2-7-21(22)28-25(30)17-29/h2-5,7-14H,6,15-18H2,1H3,(H,27,31). The number of anilines is 2. The number of imidazole rings is 1. The van der Waals surface area contributed by atoms with Gasteiger partial charge in [0.2, 0.25) is 0 Å². The lowest BCUT2D eigenvalue weighted by atomic mass is 10.2. The Morgan fingerprint density at radius 1 is 0.970 bits per heavy atom. The Kier molecular flexibility index (Phi) is 5.85. The molecular weight excluding hydrogens is 416 g/mol. The third-order valence-electron chi connectivity index (χ3n) is 5.82. The number of methoxy groups -OCH3 is 1. The van der Waals surface area contributed by atoms with Crippen molar-refractivity contribution in [1.29, 1.82) is 0 Å². The van der Waals surface area contributed by atoms with Crippen LogP contribution < -0.4 is 19.7 Å². The summed E-state index contributed by atoms with van der Waals surface area (Å²) in [6.45, 7) is 2.58. The zero-order valence-electron chi connectivity index (χ0n) is 18.5. The van der Waals surface area contributed by atoms with Crippen LogP contribution in [0.1, 0.15) is 12.2 Å². The third-order valence-corrected chi connectivity index (χ3v) is 5.82. The molecule has 0 atom stereocenters. The van der Waals surface area contributed by atoms with E-state index in [1.807, 2.05) is 42.5 Å². The van der Waals surface area contributed by atoms with Crippen LogP contribution in [-0.4, -0.2) is 35.7 Å². The van der Waals surface area contributed by atoms with Gasteiger partial charge in [0.05, 0.1) is 24.7 Å². The van der Waals surface area contributed by atoms with Crippen LogP contribution in [0.4, 0.5) is 11.4 Å². The maximum Gasteiger partial charge on any atom is 0.262 e. The van der Waals surface area contributed by atoms with Crippen molar-refractivity contribution in [2.75, 3.05) is 30.5 Å². The van der Waals surface area contributed by atoms with Gasteiger partial charge in [0, 0.05) is 24.5 Å². The average Bonchev–Trinajstić information content (AvgIpc) is 3.06. The van der Waals surface area contributed by atoms with Crippen LogP contribution in [0.25, 0.3) is 11.0 Å². The van der Waals surface area contributed by atoms with Gasteiger partial charge in [0.25, 0.3) is 5.91 Å². The monoisotopic (exact) mass is 442 g/mol. The Labute approximate surface area is 192 Å². The summed E-state index contributed by atoms with van der Waals surface area (Å²) in [5.41, 5.74) is 4.08. The van der Waals surface area contributed by atoms with Crippen molar-refractivity contribution in [2.24, 2.45) is 0 Å². The van der Waals surface area contributed by atoms with Gasteiger partial charge in [-0.05, 0) is 55.0 Å². The van der Waals surface area contributed by atoms with Crippen LogP contribution >= 0.6 is 0 Å². The number of para-hydroxylation sites is 4. The first-order valence-corrected chi connectivity index (χ1v) is 11.1. The summed E-state index contributed by atoms with van der Waals surface area (Å²) in [7, 11) is 1.57. The van der Waals surface area contributed by atoms with E-state index in [2.05, 4.69) is 33.0 Å². The molecule has 1 N–H and O–H groups in total. The molecule has 1 amide bonds. The number of carbonyl (C=O) groups is 1. The van der Waals surface area contributed by atoms with E-state index in [0.717, 1.165) is 48.8 Å². The van der Waals surface area contributed by atoms with E-state index in [-0.39, 0.29) is 12.5 Å². The summed E-state index contributed by atoms with van der Waals surface area (Å²) in [6, 6.07) is 23.5. The fraction of sp³-hybridized carbons (Fsp3) is 0.231. The fourth-order valence-corrected chi connectivity index (χ4v) is 4.22. The molecular formula is C26H26N4O3. The number of rotatable bonds is 6. The van der Waals surface area contributed by atoms with E-state index in [0.29, 0.717) is 11.5 Å². The van der Waals surface area contributed by atoms with Gasteiger partial charge in [-0.3, -0.25) is 4.79 Å². The van der Waals surface area contributed by atoms with Crippen molar-refractivity contribution in [1.82, 2.24) is 9.55 Å². The van der Waals surface area contributed by atoms with Gasteiger partial charge in [-0.25, -0.2) is 4.98 Å². The number of aryl methyl sites for hydroxylation is 1. The Balaban J connectivity index is 1.22. The second-order valence-corrected chi connectivity index (χ2v) is 7.98. The quantitative estimate of drug-likeness (QED) is 0.477. The van der Waals surface area contributed by atoms with Gasteiger partial charge in [-0.15, -0.1) is 0 Å². The van der Waals surface area contributed by atoms with Gasteiger partial charge >= 0.3 is 0 Å². The predicted octanol–water partition coefficient (Wildman–Crippen LogP) is 4.47. The van der Waals surface area contributed by atoms with E-state index in [9.17, 15) is 4.79 Å². The van der Waals surface area contributed by atoms with E-state index in [4.69, 9.17) is 14.5 Å². The summed E-state index contributed by atoms with van der Waals surface area (Å²) in [5.74, 6) is 2.00. The van der Waals surface area contributed by atoms with Crippen LogP contribution in [0, 0.1) is 0 Å². The number of amides is 1. The normalized spacial score (nSPS) is 13.3. The molecule has 0 fully saturated rings. The highest BCUT2D eigenvalue weighted by Crippen LogP contribution is 2.27. The molecule has 1 aliphatic rings. The lowest BCUT2D eigenvalue weighted by molar-refractivity contribution is -0.118. The van der Waals surface area contributed by atoms with Crippen molar-refractivity contribution in [3.63, 3.8) is 0 Å². The van der Waals surface area contributed by atoms with Crippen LogP contribution in [0.3, 0.4) is 0 Å². The van der Waals surface area contributed by atoms with Gasteiger partial charge in [0.15, 0.2) is 18.1 Å². The molecule has 0 saturated carbocycles. The van der Waals surface area contributed by atoms with Crippen molar-refractivity contribution in [3.05, 3.63) is 78.6 Å². The van der Waals surface area contributed by atoms with E-state index in [1.165, 1.54) is 5.52 Å². The lowest BCUT2D eigenvalue weighted by Crippen LogP contribution is -2.23. The number of fused-ring (bicyclic) bond motifs is 3. The van der Waals surface area contributed by atoms with Gasteiger partial charge in [-0.1, -0.05) is 24.3 Å². The molecule has 7 heteroatoms. The van der Waals surface area contributed by atoms with E-state index >= 15 is 0 Å². The highest BCUT2D eigenvalue weighted by molar-refractivity contribution is 5.92. The summed E-state index contributed by atoms with van der Waals surface area (Å²) in [6.07, 6.45) is 1.05. The minimum atomic E-state index is -0.225. The predicted molar refractivity (Wildman–Crippen MR) is 129 cm³/mol. The SMILES string of the molecule is COc1ccccc1OCC(=O)Nc1ccc(N2CCCn3c(nc4ccccc43)C2)cc1. The first-order chi connectivity index (χ1) is 16.2. The van der Waals surface area contributed by atoms with Crippen molar-refractivity contribution in [3.8, 4) is 11.5 Å². The molecule has 1 aliphatic heterocycles. The first-order valence-electron chi connectivity index (χ1n) is 11.1. The lowest BCUT2D eigenvalue weighted by Gasteiger charge is -2.22. The molecule has 2 heterocycles. The molecule has 33 heavy (non-hydrogen) atoms. The second-order valence-electron chi connectivity index (χ2n) is 7.98. The highest BCUT2D eigenvalue weighted by atomic mass is 16.5. The first kappa shape index (κ1) is 20.9. The summed E-state index contributed by atoms with van der Waals surface area (Å²) < 4.78 is 13.2.